The van der Waals surface area contributed by atoms with Crippen molar-refractivity contribution in [1.29, 1.82) is 0 Å². The van der Waals surface area contributed by atoms with Crippen LogP contribution < -0.4 is 4.46 Å². The number of benzene rings is 1. The Bertz CT molecular complexity index is 447. The van der Waals surface area contributed by atoms with Crippen LogP contribution in [0.25, 0.3) is 11.0 Å². The van der Waals surface area contributed by atoms with Gasteiger partial charge in [0.15, 0.2) is 0 Å². The van der Waals surface area contributed by atoms with E-state index in [-0.39, 0.29) is 0 Å². The fourth-order valence-corrected chi connectivity index (χ4v) is 2.83. The SMILES string of the molecule is CCc1cc2cc([SeH])cc(Br)c2o1. The molecule has 13 heavy (non-hydrogen) atoms. The van der Waals surface area contributed by atoms with Crippen LogP contribution in [-0.4, -0.2) is 16.0 Å². The first kappa shape index (κ1) is 9.32. The van der Waals surface area contributed by atoms with Crippen molar-refractivity contribution < 1.29 is 4.42 Å². The van der Waals surface area contributed by atoms with E-state index in [0.29, 0.717) is 0 Å². The van der Waals surface area contributed by atoms with Gasteiger partial charge in [-0.05, 0) is 0 Å². The van der Waals surface area contributed by atoms with Crippen molar-refractivity contribution in [3.05, 3.63) is 28.4 Å². The zero-order chi connectivity index (χ0) is 9.42. The third kappa shape index (κ3) is 1.69. The van der Waals surface area contributed by atoms with Gasteiger partial charge in [0, 0.05) is 0 Å². The van der Waals surface area contributed by atoms with Gasteiger partial charge in [-0.2, -0.15) is 0 Å². The zero-order valence-electron chi connectivity index (χ0n) is 7.17. The van der Waals surface area contributed by atoms with Gasteiger partial charge in [-0.15, -0.1) is 0 Å². The van der Waals surface area contributed by atoms with Crippen molar-refractivity contribution in [3.8, 4) is 0 Å². The normalized spacial score (nSPS) is 11.0. The molecule has 0 aliphatic heterocycles. The Morgan fingerprint density at radius 2 is 2.15 bits per heavy atom. The number of fused-ring (bicyclic) bond motifs is 1. The summed E-state index contributed by atoms with van der Waals surface area (Å²) in [6.07, 6.45) is 0.940. The van der Waals surface area contributed by atoms with Gasteiger partial charge in [0.25, 0.3) is 0 Å². The molecular formula is C10H9BrOSe. The molecule has 1 nitrogen and oxygen atoms in total. The summed E-state index contributed by atoms with van der Waals surface area (Å²) in [5, 5.41) is 1.17. The minimum absolute atomic E-state index is 0.940. The van der Waals surface area contributed by atoms with Crippen LogP contribution in [0.3, 0.4) is 0 Å². The molecule has 0 atom stereocenters. The quantitative estimate of drug-likeness (QED) is 0.737. The summed E-state index contributed by atoms with van der Waals surface area (Å²) in [5.41, 5.74) is 0.951. The van der Waals surface area contributed by atoms with Crippen LogP contribution in [0, 0.1) is 0 Å². The molecule has 2 aromatic rings. The summed E-state index contributed by atoms with van der Waals surface area (Å²) >= 11 is 6.02. The van der Waals surface area contributed by atoms with Crippen LogP contribution in [0.5, 0.6) is 0 Å². The first-order valence-electron chi connectivity index (χ1n) is 4.11. The standard InChI is InChI=1S/C10H9BrOSe/c1-2-7-3-6-4-8(13)5-9(11)10(6)12-7/h3-5,13H,2H2,1H3. The van der Waals surface area contributed by atoms with E-state index >= 15 is 0 Å². The van der Waals surface area contributed by atoms with E-state index in [1.165, 1.54) is 9.85 Å². The molecule has 68 valence electrons. The first-order valence-corrected chi connectivity index (χ1v) is 5.84. The van der Waals surface area contributed by atoms with E-state index in [4.69, 9.17) is 4.42 Å². The average molecular weight is 304 g/mol. The van der Waals surface area contributed by atoms with Gasteiger partial charge in [0.1, 0.15) is 0 Å². The minimum atomic E-state index is 0.940. The Kier molecular flexibility index (Phi) is 2.50. The van der Waals surface area contributed by atoms with Crippen LogP contribution in [-0.2, 0) is 6.42 Å². The van der Waals surface area contributed by atoms with Gasteiger partial charge >= 0.3 is 93.6 Å². The van der Waals surface area contributed by atoms with Crippen LogP contribution >= 0.6 is 15.9 Å². The van der Waals surface area contributed by atoms with Crippen LogP contribution in [0.2, 0.25) is 0 Å². The fraction of sp³-hybridized carbons (Fsp3) is 0.200. The third-order valence-electron chi connectivity index (χ3n) is 1.96. The predicted molar refractivity (Wildman–Crippen MR) is 60.1 cm³/mol. The van der Waals surface area contributed by atoms with E-state index in [9.17, 15) is 0 Å². The Labute approximate surface area is 93.4 Å². The summed E-state index contributed by atoms with van der Waals surface area (Å²) < 4.78 is 7.87. The number of halogens is 1. The molecule has 1 aromatic heterocycles. The maximum atomic E-state index is 5.65. The van der Waals surface area contributed by atoms with E-state index < -0.39 is 0 Å². The summed E-state index contributed by atoms with van der Waals surface area (Å²) in [6.45, 7) is 2.09. The maximum absolute atomic E-state index is 5.65. The van der Waals surface area contributed by atoms with Crippen molar-refractivity contribution in [3.63, 3.8) is 0 Å². The van der Waals surface area contributed by atoms with Gasteiger partial charge in [-0.25, -0.2) is 0 Å². The van der Waals surface area contributed by atoms with Crippen molar-refractivity contribution in [2.75, 3.05) is 0 Å². The first-order chi connectivity index (χ1) is 6.20. The van der Waals surface area contributed by atoms with Crippen LogP contribution in [0.4, 0.5) is 0 Å². The number of rotatable bonds is 1. The van der Waals surface area contributed by atoms with Gasteiger partial charge in [0.2, 0.25) is 0 Å². The molecule has 0 aliphatic carbocycles. The summed E-state index contributed by atoms with van der Waals surface area (Å²) in [7, 11) is 0. The molecule has 0 bridgehead atoms. The zero-order valence-corrected chi connectivity index (χ0v) is 10.6. The van der Waals surface area contributed by atoms with Gasteiger partial charge in [-0.1, -0.05) is 0 Å². The second-order valence-electron chi connectivity index (χ2n) is 2.91. The molecule has 1 heterocycles. The third-order valence-corrected chi connectivity index (χ3v) is 3.09. The molecule has 0 unspecified atom stereocenters. The topological polar surface area (TPSA) is 13.1 Å². The predicted octanol–water partition coefficient (Wildman–Crippen LogP) is 2.28. The van der Waals surface area contributed by atoms with Crippen molar-refractivity contribution in [2.24, 2.45) is 0 Å². The number of aryl methyl sites for hydroxylation is 1. The van der Waals surface area contributed by atoms with Crippen LogP contribution in [0.15, 0.2) is 27.1 Å². The Hall–Kier alpha value is -0.241. The Morgan fingerprint density at radius 3 is 2.85 bits per heavy atom. The molecule has 1 aromatic carbocycles. The van der Waals surface area contributed by atoms with E-state index in [1.807, 2.05) is 6.07 Å². The number of hydrogen-bond donors (Lipinski definition) is 0. The van der Waals surface area contributed by atoms with Crippen LogP contribution in [0.1, 0.15) is 12.7 Å². The number of furan rings is 1. The van der Waals surface area contributed by atoms with E-state index in [2.05, 4.69) is 51.0 Å². The molecule has 0 saturated heterocycles. The summed E-state index contributed by atoms with van der Waals surface area (Å²) in [6, 6.07) is 6.25. The summed E-state index contributed by atoms with van der Waals surface area (Å²) in [5.74, 6) is 1.04. The molecule has 2 rings (SSSR count). The van der Waals surface area contributed by atoms with Gasteiger partial charge in [-0.3, -0.25) is 0 Å². The Morgan fingerprint density at radius 1 is 1.38 bits per heavy atom. The van der Waals surface area contributed by atoms with E-state index in [0.717, 1.165) is 22.2 Å². The molecule has 0 spiro atoms. The molecule has 0 fully saturated rings. The molecule has 0 amide bonds. The second kappa shape index (κ2) is 3.49. The van der Waals surface area contributed by atoms with Crippen molar-refractivity contribution >= 4 is 47.4 Å². The summed E-state index contributed by atoms with van der Waals surface area (Å²) in [4.78, 5) is 0. The van der Waals surface area contributed by atoms with E-state index in [1.54, 1.807) is 0 Å². The van der Waals surface area contributed by atoms with Gasteiger partial charge < -0.3 is 0 Å². The molecule has 0 saturated carbocycles. The molecule has 0 radical (unpaired) electrons. The van der Waals surface area contributed by atoms with Crippen molar-refractivity contribution in [1.82, 2.24) is 0 Å². The number of hydrogen-bond acceptors (Lipinski definition) is 1. The molecule has 0 aliphatic rings. The van der Waals surface area contributed by atoms with Gasteiger partial charge in [0.05, 0.1) is 0 Å². The second-order valence-corrected chi connectivity index (χ2v) is 4.85. The fourth-order valence-electron chi connectivity index (χ4n) is 1.32. The monoisotopic (exact) mass is 304 g/mol. The molecular weight excluding hydrogens is 295 g/mol. The molecule has 0 N–H and O–H groups in total. The average Bonchev–Trinajstić information content (AvgIpc) is 2.47. The van der Waals surface area contributed by atoms with Crippen molar-refractivity contribution in [2.45, 2.75) is 13.3 Å². The Balaban J connectivity index is 2.75. The molecule has 3 heteroatoms.